The van der Waals surface area contributed by atoms with Gasteiger partial charge in [-0.25, -0.2) is 8.42 Å². The molecule has 4 N–H and O–H groups in total. The van der Waals surface area contributed by atoms with Crippen molar-refractivity contribution in [3.05, 3.63) is 65.7 Å². The molecule has 1 unspecified atom stereocenters. The summed E-state index contributed by atoms with van der Waals surface area (Å²) in [6, 6.07) is 15.7. The van der Waals surface area contributed by atoms with Crippen LogP contribution in [0.4, 0.5) is 5.69 Å². The normalized spacial score (nSPS) is 19.9. The molecule has 2 aliphatic heterocycles. The standard InChI is InChI=1S/C27H36N4O5S/c1-26(2,28)24(33)30-21(18-36-17-19-9-5-4-6-10-19)23(32)31-22-12-8-7-11-20(22)27(13-15-29-16-14-27)25(31)37(3,34)35/h4-12,21,25,29H,13-18,28H2,1-3H3,(H,30,33)/t21-,25?/m1/s1. The lowest BCUT2D eigenvalue weighted by Crippen LogP contribution is -2.61. The fourth-order valence-electron chi connectivity index (χ4n) is 5.39. The molecule has 0 aliphatic carbocycles. The summed E-state index contributed by atoms with van der Waals surface area (Å²) in [6.45, 7) is 4.47. The topological polar surface area (TPSA) is 131 Å². The third-order valence-electron chi connectivity index (χ3n) is 7.13. The molecule has 2 aliphatic rings. The molecule has 0 aromatic heterocycles. The predicted octanol–water partition coefficient (Wildman–Crippen LogP) is 1.46. The number of rotatable bonds is 8. The van der Waals surface area contributed by atoms with Gasteiger partial charge in [0.25, 0.3) is 5.91 Å². The number of carbonyl (C=O) groups excluding carboxylic acids is 2. The summed E-state index contributed by atoms with van der Waals surface area (Å²) in [5.41, 5.74) is 6.33. The van der Waals surface area contributed by atoms with Gasteiger partial charge in [0.2, 0.25) is 5.91 Å². The van der Waals surface area contributed by atoms with E-state index >= 15 is 0 Å². The summed E-state index contributed by atoms with van der Waals surface area (Å²) in [6.07, 6.45) is 2.32. The lowest BCUT2D eigenvalue weighted by atomic mass is 9.74. The predicted molar refractivity (Wildman–Crippen MR) is 143 cm³/mol. The molecule has 2 amide bonds. The van der Waals surface area contributed by atoms with Gasteiger partial charge in [0.1, 0.15) is 11.4 Å². The minimum absolute atomic E-state index is 0.140. The van der Waals surface area contributed by atoms with E-state index < -0.39 is 44.0 Å². The third kappa shape index (κ3) is 5.57. The van der Waals surface area contributed by atoms with Gasteiger partial charge in [-0.3, -0.25) is 14.5 Å². The van der Waals surface area contributed by atoms with E-state index in [4.69, 9.17) is 10.5 Å². The number of hydrogen-bond acceptors (Lipinski definition) is 7. The van der Waals surface area contributed by atoms with E-state index in [9.17, 15) is 18.0 Å². The molecule has 2 atom stereocenters. The molecule has 1 fully saturated rings. The van der Waals surface area contributed by atoms with E-state index in [0.29, 0.717) is 31.6 Å². The Morgan fingerprint density at radius 1 is 1.14 bits per heavy atom. The van der Waals surface area contributed by atoms with E-state index in [0.717, 1.165) is 11.1 Å². The van der Waals surface area contributed by atoms with Gasteiger partial charge in [0.05, 0.1) is 18.8 Å². The minimum Gasteiger partial charge on any atom is -0.374 e. The van der Waals surface area contributed by atoms with Crippen LogP contribution in [0.1, 0.15) is 37.8 Å². The quantitative estimate of drug-likeness (QED) is 0.473. The average Bonchev–Trinajstić information content (AvgIpc) is 3.13. The molecule has 2 aromatic carbocycles. The summed E-state index contributed by atoms with van der Waals surface area (Å²) in [4.78, 5) is 28.4. The molecule has 200 valence electrons. The number of hydrogen-bond donors (Lipinski definition) is 3. The second-order valence-corrected chi connectivity index (χ2v) is 12.7. The van der Waals surface area contributed by atoms with Gasteiger partial charge in [0, 0.05) is 17.4 Å². The number of anilines is 1. The second-order valence-electron chi connectivity index (χ2n) is 10.6. The number of nitrogens with one attached hydrogen (secondary N) is 2. The second kappa shape index (κ2) is 10.5. The van der Waals surface area contributed by atoms with Crippen LogP contribution in [0, 0.1) is 0 Å². The van der Waals surface area contributed by atoms with Crippen molar-refractivity contribution in [1.29, 1.82) is 0 Å². The van der Waals surface area contributed by atoms with E-state index in [1.165, 1.54) is 11.2 Å². The maximum Gasteiger partial charge on any atom is 0.253 e. The molecule has 0 saturated carbocycles. The van der Waals surface area contributed by atoms with Crippen molar-refractivity contribution in [3.63, 3.8) is 0 Å². The van der Waals surface area contributed by atoms with Crippen molar-refractivity contribution in [3.8, 4) is 0 Å². The Labute approximate surface area is 218 Å². The Hall–Kier alpha value is -2.79. The van der Waals surface area contributed by atoms with Crippen LogP contribution in [0.2, 0.25) is 0 Å². The maximum absolute atomic E-state index is 14.2. The van der Waals surface area contributed by atoms with Crippen molar-refractivity contribution in [2.45, 2.75) is 55.7 Å². The van der Waals surface area contributed by atoms with Gasteiger partial charge < -0.3 is 21.1 Å². The molecule has 9 nitrogen and oxygen atoms in total. The Bertz CT molecular complexity index is 1240. The smallest absolute Gasteiger partial charge is 0.253 e. The number of para-hydroxylation sites is 1. The molecule has 0 radical (unpaired) electrons. The molecule has 2 heterocycles. The third-order valence-corrected chi connectivity index (χ3v) is 8.60. The number of amides is 2. The monoisotopic (exact) mass is 528 g/mol. The fraction of sp³-hybridized carbons (Fsp3) is 0.481. The van der Waals surface area contributed by atoms with E-state index in [-0.39, 0.29) is 13.2 Å². The first kappa shape index (κ1) is 27.3. The number of sulfone groups is 1. The van der Waals surface area contributed by atoms with Gasteiger partial charge in [-0.1, -0.05) is 48.5 Å². The van der Waals surface area contributed by atoms with Gasteiger partial charge in [-0.2, -0.15) is 0 Å². The summed E-state index contributed by atoms with van der Waals surface area (Å²) in [5.74, 6) is -1.07. The molecule has 37 heavy (non-hydrogen) atoms. The van der Waals surface area contributed by atoms with Crippen LogP contribution in [0.25, 0.3) is 0 Å². The Morgan fingerprint density at radius 2 is 1.76 bits per heavy atom. The van der Waals surface area contributed by atoms with Crippen LogP contribution in [-0.4, -0.2) is 63.1 Å². The zero-order chi connectivity index (χ0) is 26.8. The van der Waals surface area contributed by atoms with Crippen molar-refractivity contribution < 1.29 is 22.7 Å². The first-order valence-electron chi connectivity index (χ1n) is 12.5. The summed E-state index contributed by atoms with van der Waals surface area (Å²) < 4.78 is 32.5. The zero-order valence-electron chi connectivity index (χ0n) is 21.6. The van der Waals surface area contributed by atoms with Crippen LogP contribution < -0.4 is 21.3 Å². The molecule has 4 rings (SSSR count). The van der Waals surface area contributed by atoms with E-state index in [1.807, 2.05) is 42.5 Å². The van der Waals surface area contributed by atoms with Gasteiger partial charge in [-0.15, -0.1) is 0 Å². The van der Waals surface area contributed by atoms with E-state index in [2.05, 4.69) is 10.6 Å². The lowest BCUT2D eigenvalue weighted by Gasteiger charge is -2.41. The van der Waals surface area contributed by atoms with Crippen LogP contribution in [0.3, 0.4) is 0 Å². The van der Waals surface area contributed by atoms with E-state index in [1.54, 1.807) is 26.0 Å². The molecule has 0 bridgehead atoms. The molecular formula is C27H36N4O5S. The average molecular weight is 529 g/mol. The number of carbonyl (C=O) groups is 2. The fourth-order valence-corrected chi connectivity index (χ4v) is 7.17. The number of nitrogens with zero attached hydrogens (tertiary/aromatic N) is 1. The van der Waals surface area contributed by atoms with Crippen molar-refractivity contribution in [2.75, 3.05) is 30.9 Å². The summed E-state index contributed by atoms with van der Waals surface area (Å²) in [5, 5.41) is 4.94. The zero-order valence-corrected chi connectivity index (χ0v) is 22.4. The molecule has 2 aromatic rings. The van der Waals surface area contributed by atoms with Crippen molar-refractivity contribution in [1.82, 2.24) is 10.6 Å². The highest BCUT2D eigenvalue weighted by Gasteiger charge is 2.58. The number of piperidine rings is 1. The first-order chi connectivity index (χ1) is 17.4. The highest BCUT2D eigenvalue weighted by atomic mass is 32.2. The molecular weight excluding hydrogens is 492 g/mol. The number of benzene rings is 2. The Morgan fingerprint density at radius 3 is 2.38 bits per heavy atom. The summed E-state index contributed by atoms with van der Waals surface area (Å²) >= 11 is 0. The van der Waals surface area contributed by atoms with Crippen LogP contribution in [0.5, 0.6) is 0 Å². The van der Waals surface area contributed by atoms with Crippen LogP contribution in [0.15, 0.2) is 54.6 Å². The van der Waals surface area contributed by atoms with Crippen LogP contribution in [-0.2, 0) is 36.2 Å². The Balaban J connectivity index is 1.71. The molecule has 1 spiro atoms. The minimum atomic E-state index is -3.73. The molecule has 10 heteroatoms. The van der Waals surface area contributed by atoms with Crippen LogP contribution >= 0.6 is 0 Å². The molecule has 1 saturated heterocycles. The van der Waals surface area contributed by atoms with Crippen molar-refractivity contribution in [2.24, 2.45) is 5.73 Å². The van der Waals surface area contributed by atoms with Crippen molar-refractivity contribution >= 4 is 27.3 Å². The Kier molecular flexibility index (Phi) is 7.75. The SMILES string of the molecule is CC(C)(N)C(=O)N[C@H](COCc1ccccc1)C(=O)N1c2ccccc2C2(CCNCC2)C1S(C)(=O)=O. The number of nitrogens with two attached hydrogens (primary N) is 1. The largest absolute Gasteiger partial charge is 0.374 e. The van der Waals surface area contributed by atoms with Gasteiger partial charge in [0.15, 0.2) is 9.84 Å². The van der Waals surface area contributed by atoms with Gasteiger partial charge >= 0.3 is 0 Å². The van der Waals surface area contributed by atoms with Gasteiger partial charge in [-0.05, 0) is 57.0 Å². The first-order valence-corrected chi connectivity index (χ1v) is 14.4. The highest BCUT2D eigenvalue weighted by molar-refractivity contribution is 7.91. The summed E-state index contributed by atoms with van der Waals surface area (Å²) in [7, 11) is -3.73. The number of fused-ring (bicyclic) bond motifs is 2. The lowest BCUT2D eigenvalue weighted by molar-refractivity contribution is -0.131. The highest BCUT2D eigenvalue weighted by Crippen LogP contribution is 2.52. The number of ether oxygens (including phenoxy) is 1. The maximum atomic E-state index is 14.2.